The number of Topliss-reactive ketones (excluding diaryl/α,β-unsaturated/α-hetero) is 1. The zero-order chi connectivity index (χ0) is 29.8. The Kier molecular flexibility index (Phi) is 8.63. The first-order valence-corrected chi connectivity index (χ1v) is 14.6. The molecule has 3 aromatic carbocycles. The third-order valence-corrected chi connectivity index (χ3v) is 7.74. The van der Waals surface area contributed by atoms with Crippen LogP contribution in [0.25, 0.3) is 16.0 Å². The summed E-state index contributed by atoms with van der Waals surface area (Å²) in [5, 5.41) is 11.8. The van der Waals surface area contributed by atoms with Gasteiger partial charge in [0, 0.05) is 5.56 Å². The number of aliphatic hydroxyl groups excluding tert-OH is 1. The number of amides is 1. The first-order valence-electron chi connectivity index (χ1n) is 13.8. The molecule has 1 aliphatic rings. The molecular formula is C32H32N2O7S. The van der Waals surface area contributed by atoms with Crippen molar-refractivity contribution in [3.63, 3.8) is 0 Å². The highest BCUT2D eigenvalue weighted by Crippen LogP contribution is 2.46. The number of aromatic nitrogens is 1. The molecule has 0 bridgehead atoms. The molecule has 0 spiro atoms. The van der Waals surface area contributed by atoms with Gasteiger partial charge in [-0.15, -0.1) is 0 Å². The average molecular weight is 589 g/mol. The largest absolute Gasteiger partial charge is 0.507 e. The molecule has 1 aromatic heterocycles. The fourth-order valence-electron chi connectivity index (χ4n) is 4.79. The van der Waals surface area contributed by atoms with E-state index in [2.05, 4.69) is 4.98 Å². The minimum atomic E-state index is -0.974. The number of ether oxygens (including phenoxy) is 4. The summed E-state index contributed by atoms with van der Waals surface area (Å²) >= 11 is 1.26. The minimum absolute atomic E-state index is 0.0503. The van der Waals surface area contributed by atoms with Crippen molar-refractivity contribution in [2.45, 2.75) is 33.2 Å². The Balaban J connectivity index is 1.69. The van der Waals surface area contributed by atoms with Crippen molar-refractivity contribution in [2.24, 2.45) is 0 Å². The van der Waals surface area contributed by atoms with E-state index in [1.807, 2.05) is 26.8 Å². The van der Waals surface area contributed by atoms with Crippen molar-refractivity contribution < 1.29 is 33.6 Å². The Hall–Kier alpha value is -4.57. The normalized spacial score (nSPS) is 16.2. The van der Waals surface area contributed by atoms with Gasteiger partial charge in [0.25, 0.3) is 5.78 Å². The summed E-state index contributed by atoms with van der Waals surface area (Å²) in [6.07, 6.45) is 0.817. The van der Waals surface area contributed by atoms with Gasteiger partial charge in [-0.3, -0.25) is 14.5 Å². The Bertz CT molecular complexity index is 1640. The van der Waals surface area contributed by atoms with E-state index in [1.54, 1.807) is 61.7 Å². The van der Waals surface area contributed by atoms with Crippen molar-refractivity contribution >= 4 is 44.1 Å². The van der Waals surface area contributed by atoms with Gasteiger partial charge in [-0.05, 0) is 80.4 Å². The van der Waals surface area contributed by atoms with Gasteiger partial charge < -0.3 is 24.1 Å². The number of carbonyl (C=O) groups excluding carboxylic acids is 2. The van der Waals surface area contributed by atoms with E-state index < -0.39 is 17.7 Å². The topological polar surface area (TPSA) is 107 Å². The molecule has 4 aromatic rings. The van der Waals surface area contributed by atoms with Crippen LogP contribution in [0.2, 0.25) is 0 Å². The molecule has 1 unspecified atom stereocenters. The number of hydrogen-bond donors (Lipinski definition) is 1. The number of rotatable bonds is 11. The summed E-state index contributed by atoms with van der Waals surface area (Å²) in [5.41, 5.74) is 1.54. The van der Waals surface area contributed by atoms with Crippen LogP contribution in [0.5, 0.6) is 23.0 Å². The van der Waals surface area contributed by atoms with Crippen molar-refractivity contribution in [1.29, 1.82) is 0 Å². The van der Waals surface area contributed by atoms with E-state index in [0.29, 0.717) is 64.6 Å². The van der Waals surface area contributed by atoms with Crippen molar-refractivity contribution in [2.75, 3.05) is 31.8 Å². The molecule has 1 N–H and O–H groups in total. The Morgan fingerprint density at radius 2 is 1.64 bits per heavy atom. The second-order valence-electron chi connectivity index (χ2n) is 9.44. The van der Waals surface area contributed by atoms with Crippen LogP contribution in [0.3, 0.4) is 0 Å². The number of methoxy groups -OCH3 is 1. The van der Waals surface area contributed by atoms with Gasteiger partial charge in [-0.25, -0.2) is 4.98 Å². The van der Waals surface area contributed by atoms with Crippen molar-refractivity contribution in [3.05, 3.63) is 77.4 Å². The molecule has 1 aliphatic heterocycles. The molecule has 10 heteroatoms. The molecule has 218 valence electrons. The van der Waals surface area contributed by atoms with Gasteiger partial charge in [-0.2, -0.15) is 0 Å². The smallest absolute Gasteiger partial charge is 0.301 e. The standard InChI is InChI=1S/C32H32N2O7S/c1-5-16-41-24-15-10-20(17-25(24)40-7-3)28-27(29(35)19-8-11-21(12-9-19)39-6-2)30(36)31(37)34(28)32-33-23-14-13-22(38-4)18-26(23)42-32/h8-15,17-18,28,35H,5-7,16H2,1-4H3/b29-27+. The third-order valence-electron chi connectivity index (χ3n) is 6.72. The first kappa shape index (κ1) is 28.9. The maximum Gasteiger partial charge on any atom is 0.301 e. The number of hydrogen-bond acceptors (Lipinski definition) is 9. The fraction of sp³-hybridized carbons (Fsp3) is 0.281. The van der Waals surface area contributed by atoms with Crippen LogP contribution in [0, 0.1) is 0 Å². The number of thiazole rings is 1. The highest BCUT2D eigenvalue weighted by molar-refractivity contribution is 7.22. The summed E-state index contributed by atoms with van der Waals surface area (Å²) in [6.45, 7) is 7.14. The van der Waals surface area contributed by atoms with E-state index in [0.717, 1.165) is 11.1 Å². The van der Waals surface area contributed by atoms with Crippen LogP contribution < -0.4 is 23.8 Å². The van der Waals surface area contributed by atoms with E-state index in [9.17, 15) is 14.7 Å². The predicted octanol–water partition coefficient (Wildman–Crippen LogP) is 6.52. The van der Waals surface area contributed by atoms with Crippen molar-refractivity contribution in [3.8, 4) is 23.0 Å². The number of anilines is 1. The Morgan fingerprint density at radius 3 is 2.33 bits per heavy atom. The van der Waals surface area contributed by atoms with Crippen LogP contribution in [0.15, 0.2) is 66.2 Å². The van der Waals surface area contributed by atoms with Crippen molar-refractivity contribution in [1.82, 2.24) is 4.98 Å². The number of nitrogens with zero attached hydrogens (tertiary/aromatic N) is 2. The molecule has 42 heavy (non-hydrogen) atoms. The molecule has 5 rings (SSSR count). The molecule has 0 aliphatic carbocycles. The van der Waals surface area contributed by atoms with Gasteiger partial charge in [-0.1, -0.05) is 24.3 Å². The SMILES string of the molecule is CCCOc1ccc(C2/C(=C(\O)c3ccc(OCC)cc3)C(=O)C(=O)N2c2nc3ccc(OC)cc3s2)cc1OCC. The lowest BCUT2D eigenvalue weighted by molar-refractivity contribution is -0.132. The summed E-state index contributed by atoms with van der Waals surface area (Å²) in [7, 11) is 1.58. The lowest BCUT2D eigenvalue weighted by Crippen LogP contribution is -2.29. The summed E-state index contributed by atoms with van der Waals surface area (Å²) in [5.74, 6) is 0.407. The summed E-state index contributed by atoms with van der Waals surface area (Å²) in [4.78, 5) is 33.4. The highest BCUT2D eigenvalue weighted by Gasteiger charge is 2.48. The molecule has 2 heterocycles. The second-order valence-corrected chi connectivity index (χ2v) is 10.5. The zero-order valence-corrected chi connectivity index (χ0v) is 24.7. The molecular weight excluding hydrogens is 556 g/mol. The van der Waals surface area contributed by atoms with Gasteiger partial charge in [0.15, 0.2) is 16.6 Å². The van der Waals surface area contributed by atoms with E-state index >= 15 is 0 Å². The third kappa shape index (κ3) is 5.49. The summed E-state index contributed by atoms with van der Waals surface area (Å²) < 4.78 is 23.4. The van der Waals surface area contributed by atoms with Crippen LogP contribution >= 0.6 is 11.3 Å². The number of aliphatic hydroxyl groups is 1. The maximum atomic E-state index is 13.7. The first-order chi connectivity index (χ1) is 20.4. The van der Waals surface area contributed by atoms with E-state index in [-0.39, 0.29) is 11.3 Å². The average Bonchev–Trinajstić information content (AvgIpc) is 3.54. The number of fused-ring (bicyclic) bond motifs is 1. The van der Waals surface area contributed by atoms with Gasteiger partial charge in [0.1, 0.15) is 17.3 Å². The van der Waals surface area contributed by atoms with Crippen LogP contribution in [-0.4, -0.2) is 48.7 Å². The second kappa shape index (κ2) is 12.5. The zero-order valence-electron chi connectivity index (χ0n) is 23.9. The fourth-order valence-corrected chi connectivity index (χ4v) is 5.81. The van der Waals surface area contributed by atoms with Crippen LogP contribution in [0.4, 0.5) is 5.13 Å². The van der Waals surface area contributed by atoms with Crippen LogP contribution in [0.1, 0.15) is 44.4 Å². The quantitative estimate of drug-likeness (QED) is 0.120. The molecule has 1 amide bonds. The van der Waals surface area contributed by atoms with Crippen LogP contribution in [-0.2, 0) is 9.59 Å². The predicted molar refractivity (Wildman–Crippen MR) is 162 cm³/mol. The lowest BCUT2D eigenvalue weighted by Gasteiger charge is -2.24. The van der Waals surface area contributed by atoms with E-state index in [1.165, 1.54) is 16.2 Å². The molecule has 0 radical (unpaired) electrons. The molecule has 1 atom stereocenters. The lowest BCUT2D eigenvalue weighted by atomic mass is 9.95. The molecule has 1 saturated heterocycles. The van der Waals surface area contributed by atoms with Gasteiger partial charge >= 0.3 is 5.91 Å². The Labute approximate surface area is 247 Å². The molecule has 1 fully saturated rings. The number of carbonyl (C=O) groups is 2. The molecule has 9 nitrogen and oxygen atoms in total. The number of ketones is 1. The monoisotopic (exact) mass is 588 g/mol. The minimum Gasteiger partial charge on any atom is -0.507 e. The maximum absolute atomic E-state index is 13.7. The summed E-state index contributed by atoms with van der Waals surface area (Å²) in [6, 6.07) is 16.4. The highest BCUT2D eigenvalue weighted by atomic mass is 32.1. The van der Waals surface area contributed by atoms with E-state index in [4.69, 9.17) is 18.9 Å². The number of benzene rings is 3. The Morgan fingerprint density at radius 1 is 0.905 bits per heavy atom. The van der Waals surface area contributed by atoms with Gasteiger partial charge in [0.05, 0.1) is 48.8 Å². The van der Waals surface area contributed by atoms with Gasteiger partial charge in [0.2, 0.25) is 0 Å². The molecule has 0 saturated carbocycles.